The van der Waals surface area contributed by atoms with Gasteiger partial charge in [-0.25, -0.2) is 0 Å². The van der Waals surface area contributed by atoms with Gasteiger partial charge in [0.25, 0.3) is 0 Å². The largest absolute Gasteiger partial charge is 0.523 e. The number of imide groups is 3. The standard InChI is InChI=1S/C3F3NO3/c4-1(8)7(2(5)9)3(6)10/p+1. The summed E-state index contributed by atoms with van der Waals surface area (Å²) in [7, 11) is 0. The third-order valence-corrected chi connectivity index (χ3v) is 0.590. The van der Waals surface area contributed by atoms with Gasteiger partial charge in [-0.1, -0.05) is 4.90 Å². The third-order valence-electron chi connectivity index (χ3n) is 0.590. The van der Waals surface area contributed by atoms with Crippen molar-refractivity contribution in [1.29, 1.82) is 0 Å². The average Bonchev–Trinajstić information content (AvgIpc) is 1.59. The number of hydrogen-bond acceptors (Lipinski definition) is 3. The van der Waals surface area contributed by atoms with Gasteiger partial charge in [0.2, 0.25) is 0 Å². The predicted octanol–water partition coefficient (Wildman–Crippen LogP) is 0.140. The smallest absolute Gasteiger partial charge is 0.193 e. The van der Waals surface area contributed by atoms with Crippen LogP contribution in [0.2, 0.25) is 0 Å². The lowest BCUT2D eigenvalue weighted by molar-refractivity contribution is -0.650. The van der Waals surface area contributed by atoms with E-state index in [-0.39, 0.29) is 0 Å². The molecule has 0 aromatic carbocycles. The molecule has 0 unspecified atom stereocenters. The monoisotopic (exact) mass is 156 g/mol. The van der Waals surface area contributed by atoms with Gasteiger partial charge >= 0.3 is 18.5 Å². The minimum absolute atomic E-state index is 2.22. The van der Waals surface area contributed by atoms with Crippen molar-refractivity contribution in [2.45, 2.75) is 0 Å². The Morgan fingerprint density at radius 2 is 1.00 bits per heavy atom. The zero-order chi connectivity index (χ0) is 8.31. The summed E-state index contributed by atoms with van der Waals surface area (Å²) < 4.78 is 33.8. The zero-order valence-corrected chi connectivity index (χ0v) is 4.36. The number of carbonyl (C=O) groups excluding carboxylic acids is 3. The maximum Gasteiger partial charge on any atom is 0.523 e. The van der Waals surface area contributed by atoms with Crippen molar-refractivity contribution in [3.8, 4) is 0 Å². The molecular weight excluding hydrogens is 155 g/mol. The maximum atomic E-state index is 11.3. The second kappa shape index (κ2) is 3.06. The fraction of sp³-hybridized carbons (Fsp3) is 0. The van der Waals surface area contributed by atoms with Crippen molar-refractivity contribution < 1.29 is 32.5 Å². The van der Waals surface area contributed by atoms with Crippen LogP contribution in [0.15, 0.2) is 0 Å². The van der Waals surface area contributed by atoms with Gasteiger partial charge < -0.3 is 0 Å². The number of halogens is 3. The minimum atomic E-state index is -2.71. The number of carbonyl (C=O) groups is 3. The molecule has 0 spiro atoms. The van der Waals surface area contributed by atoms with Gasteiger partial charge in [-0.3, -0.25) is 0 Å². The number of quaternary nitrogens is 1. The molecule has 0 bridgehead atoms. The molecule has 0 aliphatic heterocycles. The number of amides is 3. The highest BCUT2D eigenvalue weighted by Gasteiger charge is 2.37. The van der Waals surface area contributed by atoms with E-state index in [1.165, 1.54) is 0 Å². The quantitative estimate of drug-likeness (QED) is 0.401. The van der Waals surface area contributed by atoms with E-state index in [1.807, 2.05) is 0 Å². The Morgan fingerprint density at radius 3 is 1.00 bits per heavy atom. The number of nitrogens with one attached hydrogen (secondary N) is 1. The van der Waals surface area contributed by atoms with Crippen LogP contribution in [-0.4, -0.2) is 18.5 Å². The van der Waals surface area contributed by atoms with Gasteiger partial charge in [0.05, 0.1) is 0 Å². The molecule has 10 heavy (non-hydrogen) atoms. The van der Waals surface area contributed by atoms with Crippen molar-refractivity contribution in [2.24, 2.45) is 0 Å². The molecule has 4 nitrogen and oxygen atoms in total. The molecule has 0 rings (SSSR count). The Hall–Kier alpha value is -1.24. The average molecular weight is 156 g/mol. The summed E-state index contributed by atoms with van der Waals surface area (Å²) in [5.74, 6) is 0. The first-order valence-corrected chi connectivity index (χ1v) is 1.93. The second-order valence-corrected chi connectivity index (χ2v) is 1.20. The fourth-order valence-electron chi connectivity index (χ4n) is 0.232. The third kappa shape index (κ3) is 1.94. The van der Waals surface area contributed by atoms with Crippen molar-refractivity contribution >= 4 is 18.5 Å². The van der Waals surface area contributed by atoms with Gasteiger partial charge in [0.15, 0.2) is 0 Å². The van der Waals surface area contributed by atoms with E-state index >= 15 is 0 Å². The molecule has 0 saturated heterocycles. The molecule has 3 amide bonds. The van der Waals surface area contributed by atoms with Crippen LogP contribution in [-0.2, 0) is 0 Å². The summed E-state index contributed by atoms with van der Waals surface area (Å²) in [6.45, 7) is 0. The maximum absolute atomic E-state index is 11.3. The van der Waals surface area contributed by atoms with Crippen LogP contribution in [0.3, 0.4) is 0 Å². The molecule has 0 atom stereocenters. The summed E-state index contributed by atoms with van der Waals surface area (Å²) in [4.78, 5) is 26.0. The van der Waals surface area contributed by atoms with E-state index in [0.717, 1.165) is 0 Å². The second-order valence-electron chi connectivity index (χ2n) is 1.20. The summed E-state index contributed by atoms with van der Waals surface area (Å²) >= 11 is 0. The van der Waals surface area contributed by atoms with Crippen molar-refractivity contribution in [3.05, 3.63) is 0 Å². The summed E-state index contributed by atoms with van der Waals surface area (Å²) in [5, 5.41) is 0. The van der Waals surface area contributed by atoms with E-state index in [1.54, 1.807) is 0 Å². The van der Waals surface area contributed by atoms with Crippen molar-refractivity contribution in [2.75, 3.05) is 0 Å². The van der Waals surface area contributed by atoms with Crippen LogP contribution in [0.25, 0.3) is 0 Å². The molecule has 0 aliphatic rings. The zero-order valence-electron chi connectivity index (χ0n) is 4.36. The van der Waals surface area contributed by atoms with Gasteiger partial charge in [0, 0.05) is 0 Å². The van der Waals surface area contributed by atoms with E-state index in [4.69, 9.17) is 0 Å². The fourth-order valence-corrected chi connectivity index (χ4v) is 0.232. The molecule has 0 heterocycles. The van der Waals surface area contributed by atoms with Crippen LogP contribution in [0.1, 0.15) is 0 Å². The predicted molar refractivity (Wildman–Crippen MR) is 20.5 cm³/mol. The number of rotatable bonds is 0. The van der Waals surface area contributed by atoms with Gasteiger partial charge in [-0.15, -0.1) is 13.2 Å². The van der Waals surface area contributed by atoms with Crippen LogP contribution < -0.4 is 4.90 Å². The summed E-state index contributed by atoms with van der Waals surface area (Å²) in [6, 6.07) is 0. The van der Waals surface area contributed by atoms with E-state index in [2.05, 4.69) is 0 Å². The molecule has 0 radical (unpaired) electrons. The van der Waals surface area contributed by atoms with E-state index in [0.29, 0.717) is 0 Å². The van der Waals surface area contributed by atoms with Gasteiger partial charge in [-0.05, 0) is 0 Å². The Kier molecular flexibility index (Phi) is 2.68. The lowest BCUT2D eigenvalue weighted by atomic mass is 10.8. The Bertz CT molecular complexity index is 158. The van der Waals surface area contributed by atoms with Crippen LogP contribution in [0, 0.1) is 0 Å². The molecule has 0 saturated carbocycles. The normalized spacial score (nSPS) is 9.60. The van der Waals surface area contributed by atoms with Crippen molar-refractivity contribution in [3.63, 3.8) is 0 Å². The first-order chi connectivity index (χ1) is 4.46. The minimum Gasteiger partial charge on any atom is -0.193 e. The summed E-state index contributed by atoms with van der Waals surface area (Å²) in [6.07, 6.45) is -8.12. The molecule has 7 heteroatoms. The van der Waals surface area contributed by atoms with E-state index < -0.39 is 23.4 Å². The molecule has 0 fully saturated rings. The first kappa shape index (κ1) is 8.76. The lowest BCUT2D eigenvalue weighted by Gasteiger charge is -1.92. The Labute approximate surface area is 52.2 Å². The van der Waals surface area contributed by atoms with Crippen LogP contribution in [0.4, 0.5) is 27.6 Å². The van der Waals surface area contributed by atoms with E-state index in [9.17, 15) is 27.6 Å². The molecular formula is C3HF3NO3+. The highest BCUT2D eigenvalue weighted by Crippen LogP contribution is 1.72. The lowest BCUT2D eigenvalue weighted by Crippen LogP contribution is -3.16. The highest BCUT2D eigenvalue weighted by atomic mass is 19.2. The molecule has 0 aromatic heterocycles. The van der Waals surface area contributed by atoms with Gasteiger partial charge in [-0.2, -0.15) is 14.4 Å². The topological polar surface area (TPSA) is 55.6 Å². The Balaban J connectivity index is 4.43. The molecule has 0 aromatic rings. The van der Waals surface area contributed by atoms with Crippen LogP contribution >= 0.6 is 0 Å². The summed E-state index contributed by atoms with van der Waals surface area (Å²) in [5.41, 5.74) is 0. The first-order valence-electron chi connectivity index (χ1n) is 1.93. The molecule has 56 valence electrons. The molecule has 0 aliphatic carbocycles. The Morgan fingerprint density at radius 1 is 0.800 bits per heavy atom. The van der Waals surface area contributed by atoms with Crippen LogP contribution in [0.5, 0.6) is 0 Å². The highest BCUT2D eigenvalue weighted by molar-refractivity contribution is 5.83. The number of hydrogen-bond donors (Lipinski definition) is 1. The van der Waals surface area contributed by atoms with Gasteiger partial charge in [0.1, 0.15) is 0 Å². The SMILES string of the molecule is O=C(F)[NH+](C(=O)F)C(=O)F. The molecule has 1 N–H and O–H groups in total. The van der Waals surface area contributed by atoms with Crippen molar-refractivity contribution in [1.82, 2.24) is 0 Å².